The van der Waals surface area contributed by atoms with Gasteiger partial charge in [-0.3, -0.25) is 0 Å². The molecule has 1 aliphatic heterocycles. The van der Waals surface area contributed by atoms with Crippen LogP contribution in [0.4, 0.5) is 0 Å². The van der Waals surface area contributed by atoms with E-state index in [1.807, 2.05) is 0 Å². The van der Waals surface area contributed by atoms with E-state index in [2.05, 4.69) is 47.3 Å². The van der Waals surface area contributed by atoms with Crippen LogP contribution in [0.2, 0.25) is 12.6 Å². The molecule has 0 saturated carbocycles. The predicted molar refractivity (Wildman–Crippen MR) is 92.4 cm³/mol. The summed E-state index contributed by atoms with van der Waals surface area (Å²) in [6.45, 7) is 17.3. The lowest BCUT2D eigenvalue weighted by Crippen LogP contribution is -2.24. The number of allylic oxidation sites excluding steroid dienone is 3. The molecule has 0 N–H and O–H groups in total. The molecule has 0 aromatic carbocycles. The highest BCUT2D eigenvalue weighted by atomic mass is 14.4. The molecule has 0 aromatic rings. The molecule has 0 nitrogen and oxygen atoms in total. The molecule has 112 valence electrons. The first kappa shape index (κ1) is 15.9. The molecule has 1 saturated heterocycles. The van der Waals surface area contributed by atoms with Crippen LogP contribution in [0.15, 0.2) is 23.7 Å². The fourth-order valence-electron chi connectivity index (χ4n) is 4.24. The van der Waals surface area contributed by atoms with Gasteiger partial charge >= 0.3 is 0 Å². The summed E-state index contributed by atoms with van der Waals surface area (Å²) in [5.41, 5.74) is 4.24. The average Bonchev–Trinajstić information content (AvgIpc) is 2.59. The third kappa shape index (κ3) is 3.07. The van der Waals surface area contributed by atoms with Crippen molar-refractivity contribution in [2.75, 3.05) is 0 Å². The van der Waals surface area contributed by atoms with Crippen molar-refractivity contribution < 1.29 is 0 Å². The van der Waals surface area contributed by atoms with E-state index >= 15 is 0 Å². The molecule has 1 atom stereocenters. The quantitative estimate of drug-likeness (QED) is 0.424. The summed E-state index contributed by atoms with van der Waals surface area (Å²) in [5, 5.41) is 0. The van der Waals surface area contributed by atoms with Gasteiger partial charge in [-0.05, 0) is 42.4 Å². The van der Waals surface area contributed by atoms with E-state index < -0.39 is 0 Å². The lowest BCUT2D eigenvalue weighted by Gasteiger charge is -2.35. The maximum Gasteiger partial charge on any atom is 0.171 e. The monoisotopic (exact) mass is 272 g/mol. The Morgan fingerprint density at radius 1 is 1.25 bits per heavy atom. The summed E-state index contributed by atoms with van der Waals surface area (Å²) >= 11 is 0. The van der Waals surface area contributed by atoms with Crippen molar-refractivity contribution in [2.45, 2.75) is 79.4 Å². The van der Waals surface area contributed by atoms with E-state index in [0.717, 1.165) is 12.6 Å². The largest absolute Gasteiger partial charge is 0.171 e. The number of hydrogen-bond acceptors (Lipinski definition) is 0. The molecule has 0 spiro atoms. The van der Waals surface area contributed by atoms with Crippen molar-refractivity contribution in [3.05, 3.63) is 23.7 Å². The van der Waals surface area contributed by atoms with Gasteiger partial charge in [-0.15, -0.1) is 5.47 Å². The zero-order valence-corrected chi connectivity index (χ0v) is 14.4. The second-order valence-electron chi connectivity index (χ2n) is 8.53. The molecule has 0 aromatic heterocycles. The van der Waals surface area contributed by atoms with Gasteiger partial charge in [0.15, 0.2) is 6.71 Å². The summed E-state index contributed by atoms with van der Waals surface area (Å²) in [6.07, 6.45) is 11.7. The maximum absolute atomic E-state index is 4.31. The minimum absolute atomic E-state index is 0.487. The molecule has 2 aliphatic rings. The molecule has 2 rings (SSSR count). The fraction of sp³-hybridized carbons (Fsp3) is 0.789. The molecule has 1 heterocycles. The molecular formula is C19H33B. The molecule has 20 heavy (non-hydrogen) atoms. The van der Waals surface area contributed by atoms with Crippen LogP contribution >= 0.6 is 0 Å². The van der Waals surface area contributed by atoms with Crippen LogP contribution in [0.1, 0.15) is 66.7 Å². The Hall–Kier alpha value is -0.455. The Labute approximate surface area is 127 Å². The Balaban J connectivity index is 1.98. The van der Waals surface area contributed by atoms with Crippen LogP contribution in [0, 0.1) is 16.7 Å². The Kier molecular flexibility index (Phi) is 4.57. The minimum atomic E-state index is 0.487. The molecule has 1 heteroatoms. The normalized spacial score (nSPS) is 28.4. The highest BCUT2D eigenvalue weighted by Crippen LogP contribution is 2.54. The van der Waals surface area contributed by atoms with E-state index in [-0.39, 0.29) is 0 Å². The van der Waals surface area contributed by atoms with Gasteiger partial charge in [-0.25, -0.2) is 0 Å². The van der Waals surface area contributed by atoms with Gasteiger partial charge in [0.25, 0.3) is 0 Å². The SMILES string of the molecule is C=C(CCC)C1CC=C(B2CC(C)(C)C(C)(C)C2)CC1. The average molecular weight is 272 g/mol. The van der Waals surface area contributed by atoms with Gasteiger partial charge in [0.1, 0.15) is 0 Å². The zero-order valence-electron chi connectivity index (χ0n) is 14.4. The van der Waals surface area contributed by atoms with Gasteiger partial charge in [-0.1, -0.05) is 71.9 Å². The Bertz CT molecular complexity index is 384. The molecule has 1 unspecified atom stereocenters. The van der Waals surface area contributed by atoms with Crippen molar-refractivity contribution in [3.8, 4) is 0 Å². The van der Waals surface area contributed by atoms with Gasteiger partial charge in [-0.2, -0.15) is 0 Å². The lowest BCUT2D eigenvalue weighted by molar-refractivity contribution is 0.177. The number of rotatable bonds is 4. The lowest BCUT2D eigenvalue weighted by atomic mass is 9.40. The molecule has 1 aliphatic carbocycles. The predicted octanol–water partition coefficient (Wildman–Crippen LogP) is 6.17. The first-order valence-corrected chi connectivity index (χ1v) is 8.63. The van der Waals surface area contributed by atoms with E-state index in [9.17, 15) is 0 Å². The standard InChI is InChI=1S/C19H33B/c1-7-8-15(2)16-9-11-17(12-10-16)20-13-18(3,4)19(5,6)14-20/h11,16H,2,7-10,12-14H2,1,3-6H3. The van der Waals surface area contributed by atoms with Gasteiger partial charge in [0.05, 0.1) is 0 Å². The van der Waals surface area contributed by atoms with E-state index in [1.165, 1.54) is 50.3 Å². The van der Waals surface area contributed by atoms with Crippen LogP contribution < -0.4 is 0 Å². The first-order chi connectivity index (χ1) is 9.27. The first-order valence-electron chi connectivity index (χ1n) is 8.63. The second kappa shape index (κ2) is 5.74. The van der Waals surface area contributed by atoms with Crippen LogP contribution in [0.3, 0.4) is 0 Å². The molecule has 0 amide bonds. The Morgan fingerprint density at radius 3 is 2.30 bits per heavy atom. The van der Waals surface area contributed by atoms with Crippen molar-refractivity contribution in [3.63, 3.8) is 0 Å². The molecular weight excluding hydrogens is 239 g/mol. The number of hydrogen-bond donors (Lipinski definition) is 0. The minimum Gasteiger partial charge on any atom is -0.105 e. The second-order valence-corrected chi connectivity index (χ2v) is 8.53. The highest BCUT2D eigenvalue weighted by Gasteiger charge is 2.48. The molecule has 0 bridgehead atoms. The molecule has 1 fully saturated rings. The van der Waals surface area contributed by atoms with Gasteiger partial charge < -0.3 is 0 Å². The van der Waals surface area contributed by atoms with Crippen molar-refractivity contribution in [2.24, 2.45) is 16.7 Å². The Morgan fingerprint density at radius 2 is 1.85 bits per heavy atom. The maximum atomic E-state index is 4.31. The van der Waals surface area contributed by atoms with Crippen molar-refractivity contribution in [1.29, 1.82) is 0 Å². The summed E-state index contributed by atoms with van der Waals surface area (Å²) in [6, 6.07) is 0. The van der Waals surface area contributed by atoms with E-state index in [0.29, 0.717) is 10.8 Å². The van der Waals surface area contributed by atoms with E-state index in [4.69, 9.17) is 0 Å². The van der Waals surface area contributed by atoms with Crippen molar-refractivity contribution in [1.82, 2.24) is 0 Å². The summed E-state index contributed by atoms with van der Waals surface area (Å²) in [7, 11) is 0. The van der Waals surface area contributed by atoms with Crippen LogP contribution in [-0.4, -0.2) is 6.71 Å². The van der Waals surface area contributed by atoms with Crippen LogP contribution in [-0.2, 0) is 0 Å². The zero-order chi connectivity index (χ0) is 15.0. The summed E-state index contributed by atoms with van der Waals surface area (Å²) < 4.78 is 0. The van der Waals surface area contributed by atoms with Crippen LogP contribution in [0.5, 0.6) is 0 Å². The summed E-state index contributed by atoms with van der Waals surface area (Å²) in [4.78, 5) is 0. The van der Waals surface area contributed by atoms with Gasteiger partial charge in [0.2, 0.25) is 0 Å². The van der Waals surface area contributed by atoms with Gasteiger partial charge in [0, 0.05) is 0 Å². The van der Waals surface area contributed by atoms with E-state index in [1.54, 1.807) is 5.47 Å². The third-order valence-corrected chi connectivity index (χ3v) is 6.46. The fourth-order valence-corrected chi connectivity index (χ4v) is 4.24. The topological polar surface area (TPSA) is 0 Å². The van der Waals surface area contributed by atoms with Crippen molar-refractivity contribution >= 4 is 6.71 Å². The van der Waals surface area contributed by atoms with Crippen LogP contribution in [0.25, 0.3) is 0 Å². The molecule has 0 radical (unpaired) electrons. The smallest absolute Gasteiger partial charge is 0.105 e. The highest BCUT2D eigenvalue weighted by molar-refractivity contribution is 6.68. The third-order valence-electron chi connectivity index (χ3n) is 6.46. The summed E-state index contributed by atoms with van der Waals surface area (Å²) in [5.74, 6) is 0.765.